The normalized spacial score (nSPS) is 17.7. The van der Waals surface area contributed by atoms with E-state index in [2.05, 4.69) is 4.90 Å². The van der Waals surface area contributed by atoms with Crippen LogP contribution in [0.5, 0.6) is 11.5 Å². The summed E-state index contributed by atoms with van der Waals surface area (Å²) < 4.78 is 16.4. The summed E-state index contributed by atoms with van der Waals surface area (Å²) in [5, 5.41) is 0.352. The lowest BCUT2D eigenvalue weighted by Crippen LogP contribution is -2.53. The molecule has 1 aromatic carbocycles. The number of piperazine rings is 1. The molecule has 9 heteroatoms. The van der Waals surface area contributed by atoms with Gasteiger partial charge in [-0.15, -0.1) is 0 Å². The number of rotatable bonds is 7. The average molecular weight is 440 g/mol. The number of benzene rings is 1. The smallest absolute Gasteiger partial charge is 0.254 e. The van der Waals surface area contributed by atoms with Crippen LogP contribution in [-0.2, 0) is 9.53 Å². The number of hydrogen-bond acceptors (Lipinski definition) is 6. The van der Waals surface area contributed by atoms with E-state index in [9.17, 15) is 9.59 Å². The van der Waals surface area contributed by atoms with Crippen molar-refractivity contribution >= 4 is 23.4 Å². The monoisotopic (exact) mass is 439 g/mol. The van der Waals surface area contributed by atoms with Crippen molar-refractivity contribution in [1.82, 2.24) is 14.7 Å². The molecule has 166 valence electrons. The first-order valence-electron chi connectivity index (χ1n) is 10.4. The fourth-order valence-electron chi connectivity index (χ4n) is 3.58. The maximum atomic E-state index is 13.0. The summed E-state index contributed by atoms with van der Waals surface area (Å²) in [6, 6.07) is 3.28. The number of carbonyl (C=O) groups is 2. The molecule has 0 aromatic heterocycles. The van der Waals surface area contributed by atoms with E-state index in [-0.39, 0.29) is 11.8 Å². The van der Waals surface area contributed by atoms with Gasteiger partial charge >= 0.3 is 0 Å². The van der Waals surface area contributed by atoms with Gasteiger partial charge in [0.2, 0.25) is 5.91 Å². The predicted molar refractivity (Wildman–Crippen MR) is 114 cm³/mol. The number of hydrogen-bond donors (Lipinski definition) is 0. The zero-order chi connectivity index (χ0) is 21.5. The van der Waals surface area contributed by atoms with Crippen LogP contribution >= 0.6 is 11.6 Å². The van der Waals surface area contributed by atoms with Gasteiger partial charge in [0.1, 0.15) is 0 Å². The van der Waals surface area contributed by atoms with Gasteiger partial charge in [-0.1, -0.05) is 18.5 Å². The van der Waals surface area contributed by atoms with E-state index in [1.54, 1.807) is 17.0 Å². The Morgan fingerprint density at radius 3 is 2.37 bits per heavy atom. The Morgan fingerprint density at radius 1 is 1.07 bits per heavy atom. The van der Waals surface area contributed by atoms with Gasteiger partial charge in [0, 0.05) is 44.8 Å². The SMILES string of the molecule is CCCOc1c(Cl)cc(C(=O)N2CCN(C(=O)CN3CCOCC3)CC2)cc1OC. The average Bonchev–Trinajstić information content (AvgIpc) is 2.78. The summed E-state index contributed by atoms with van der Waals surface area (Å²) in [5.41, 5.74) is 0.453. The van der Waals surface area contributed by atoms with Gasteiger partial charge in [0.15, 0.2) is 11.5 Å². The number of halogens is 1. The highest BCUT2D eigenvalue weighted by atomic mass is 35.5. The van der Waals surface area contributed by atoms with Crippen LogP contribution in [0.2, 0.25) is 5.02 Å². The molecule has 0 radical (unpaired) electrons. The number of amides is 2. The van der Waals surface area contributed by atoms with Crippen LogP contribution in [0.3, 0.4) is 0 Å². The molecule has 8 nitrogen and oxygen atoms in total. The van der Waals surface area contributed by atoms with Gasteiger partial charge in [-0.25, -0.2) is 0 Å². The first-order valence-corrected chi connectivity index (χ1v) is 10.8. The van der Waals surface area contributed by atoms with Crippen molar-refractivity contribution < 1.29 is 23.8 Å². The Hall–Kier alpha value is -2.03. The third kappa shape index (κ3) is 5.56. The second-order valence-electron chi connectivity index (χ2n) is 7.40. The predicted octanol–water partition coefficient (Wildman–Crippen LogP) is 1.75. The van der Waals surface area contributed by atoms with Crippen molar-refractivity contribution in [2.24, 2.45) is 0 Å². The summed E-state index contributed by atoms with van der Waals surface area (Å²) in [6.07, 6.45) is 0.842. The zero-order valence-corrected chi connectivity index (χ0v) is 18.4. The van der Waals surface area contributed by atoms with Gasteiger partial charge in [0.25, 0.3) is 5.91 Å². The number of methoxy groups -OCH3 is 1. The van der Waals surface area contributed by atoms with Crippen LogP contribution in [0.15, 0.2) is 12.1 Å². The molecule has 0 unspecified atom stereocenters. The van der Waals surface area contributed by atoms with Gasteiger partial charge in [-0.3, -0.25) is 14.5 Å². The van der Waals surface area contributed by atoms with Gasteiger partial charge in [-0.05, 0) is 18.6 Å². The summed E-state index contributed by atoms with van der Waals surface area (Å²) in [5.74, 6) is 0.873. The molecule has 2 heterocycles. The van der Waals surface area contributed by atoms with Gasteiger partial charge in [-0.2, -0.15) is 0 Å². The molecule has 2 amide bonds. The Bertz CT molecular complexity index is 746. The molecule has 0 atom stereocenters. The Kier molecular flexibility index (Phi) is 8.18. The van der Waals surface area contributed by atoms with E-state index >= 15 is 0 Å². The first-order chi connectivity index (χ1) is 14.5. The molecule has 2 fully saturated rings. The fraction of sp³-hybridized carbons (Fsp3) is 0.619. The minimum atomic E-state index is -0.127. The minimum Gasteiger partial charge on any atom is -0.493 e. The van der Waals surface area contributed by atoms with Gasteiger partial charge < -0.3 is 24.0 Å². The number of ether oxygens (including phenoxy) is 3. The maximum Gasteiger partial charge on any atom is 0.254 e. The van der Waals surface area contributed by atoms with Crippen LogP contribution in [0.1, 0.15) is 23.7 Å². The fourth-order valence-corrected chi connectivity index (χ4v) is 3.84. The van der Waals surface area contributed by atoms with Crippen LogP contribution < -0.4 is 9.47 Å². The van der Waals surface area contributed by atoms with Crippen molar-refractivity contribution in [3.05, 3.63) is 22.7 Å². The number of carbonyl (C=O) groups excluding carboxylic acids is 2. The van der Waals surface area contributed by atoms with Crippen LogP contribution in [-0.4, -0.2) is 99.3 Å². The zero-order valence-electron chi connectivity index (χ0n) is 17.7. The van der Waals surface area contributed by atoms with Crippen molar-refractivity contribution in [3.8, 4) is 11.5 Å². The van der Waals surface area contributed by atoms with Crippen LogP contribution in [0, 0.1) is 0 Å². The lowest BCUT2D eigenvalue weighted by molar-refractivity contribution is -0.134. The van der Waals surface area contributed by atoms with Crippen LogP contribution in [0.25, 0.3) is 0 Å². The Morgan fingerprint density at radius 2 is 1.73 bits per heavy atom. The Balaban J connectivity index is 1.58. The van der Waals surface area contributed by atoms with E-state index in [0.717, 1.165) is 19.5 Å². The first kappa shape index (κ1) is 22.7. The van der Waals surface area contributed by atoms with E-state index < -0.39 is 0 Å². The van der Waals surface area contributed by atoms with Crippen LogP contribution in [0.4, 0.5) is 0 Å². The quantitative estimate of drug-likeness (QED) is 0.644. The summed E-state index contributed by atoms with van der Waals surface area (Å²) in [6.45, 7) is 7.86. The maximum absolute atomic E-state index is 13.0. The highest BCUT2D eigenvalue weighted by molar-refractivity contribution is 6.32. The lowest BCUT2D eigenvalue weighted by atomic mass is 10.1. The molecule has 0 N–H and O–H groups in total. The van der Waals surface area contributed by atoms with E-state index in [1.165, 1.54) is 7.11 Å². The lowest BCUT2D eigenvalue weighted by Gasteiger charge is -2.36. The van der Waals surface area contributed by atoms with Crippen molar-refractivity contribution in [2.75, 3.05) is 72.7 Å². The van der Waals surface area contributed by atoms with E-state index in [1.807, 2.05) is 11.8 Å². The molecule has 30 heavy (non-hydrogen) atoms. The minimum absolute atomic E-state index is 0.103. The highest BCUT2D eigenvalue weighted by Crippen LogP contribution is 2.37. The molecule has 2 aliphatic heterocycles. The Labute approximate surface area is 182 Å². The summed E-state index contributed by atoms with van der Waals surface area (Å²) in [7, 11) is 1.53. The molecule has 0 saturated carbocycles. The molecule has 0 spiro atoms. The molecule has 1 aromatic rings. The summed E-state index contributed by atoms with van der Waals surface area (Å²) in [4.78, 5) is 31.2. The largest absolute Gasteiger partial charge is 0.493 e. The topological polar surface area (TPSA) is 71.6 Å². The van der Waals surface area contributed by atoms with Crippen molar-refractivity contribution in [3.63, 3.8) is 0 Å². The molecule has 0 bridgehead atoms. The number of morpholine rings is 1. The molecular formula is C21H30ClN3O5. The summed E-state index contributed by atoms with van der Waals surface area (Å²) >= 11 is 6.35. The highest BCUT2D eigenvalue weighted by Gasteiger charge is 2.27. The molecule has 0 aliphatic carbocycles. The molecule has 3 rings (SSSR count). The number of nitrogens with zero attached hydrogens (tertiary/aromatic N) is 3. The van der Waals surface area contributed by atoms with Gasteiger partial charge in [0.05, 0.1) is 38.5 Å². The van der Waals surface area contributed by atoms with Crippen molar-refractivity contribution in [1.29, 1.82) is 0 Å². The van der Waals surface area contributed by atoms with Crippen molar-refractivity contribution in [2.45, 2.75) is 13.3 Å². The third-order valence-electron chi connectivity index (χ3n) is 5.31. The standard InChI is InChI=1S/C21H30ClN3O5/c1-3-10-30-20-17(22)13-16(14-18(20)28-2)21(27)25-6-4-24(5-7-25)19(26)15-23-8-11-29-12-9-23/h13-14H,3-12,15H2,1-2H3. The second-order valence-corrected chi connectivity index (χ2v) is 7.81. The molecular weight excluding hydrogens is 410 g/mol. The molecule has 2 aliphatic rings. The third-order valence-corrected chi connectivity index (χ3v) is 5.59. The van der Waals surface area contributed by atoms with E-state index in [0.29, 0.717) is 74.6 Å². The molecule has 2 saturated heterocycles. The van der Waals surface area contributed by atoms with E-state index in [4.69, 9.17) is 25.8 Å². The second kappa shape index (κ2) is 10.8.